The molecule has 8 heteroatoms. The number of sulfone groups is 1. The lowest BCUT2D eigenvalue weighted by Gasteiger charge is -2.12. The van der Waals surface area contributed by atoms with Crippen LogP contribution in [0.15, 0.2) is 47.4 Å². The average molecular weight is 368 g/mol. The zero-order valence-electron chi connectivity index (χ0n) is 13.1. The Hall–Kier alpha value is -1.48. The fourth-order valence-electron chi connectivity index (χ4n) is 2.84. The molecule has 0 spiro atoms. The maximum atomic E-state index is 12.3. The highest BCUT2D eigenvalue weighted by Crippen LogP contribution is 2.18. The third-order valence-electron chi connectivity index (χ3n) is 4.11. The van der Waals surface area contributed by atoms with Crippen LogP contribution in [0.4, 0.5) is 0 Å². The molecule has 1 saturated heterocycles. The second-order valence-electron chi connectivity index (χ2n) is 5.96. The molecule has 2 N–H and O–H groups in total. The van der Waals surface area contributed by atoms with Crippen molar-refractivity contribution in [2.75, 3.05) is 24.6 Å². The molecule has 1 atom stereocenters. The smallest absolute Gasteiger partial charge is 0.240 e. The van der Waals surface area contributed by atoms with Crippen LogP contribution in [0.3, 0.4) is 0 Å². The molecule has 0 unspecified atom stereocenters. The first kappa shape index (κ1) is 17.3. The fraction of sp³-hybridized carbons (Fsp3) is 0.375. The van der Waals surface area contributed by atoms with Crippen molar-refractivity contribution >= 4 is 30.6 Å². The lowest BCUT2D eigenvalue weighted by molar-refractivity contribution is 0.542. The fourth-order valence-corrected chi connectivity index (χ4v) is 5.61. The predicted molar refractivity (Wildman–Crippen MR) is 94.2 cm³/mol. The Morgan fingerprint density at radius 3 is 2.50 bits per heavy atom. The molecule has 2 aromatic rings. The van der Waals surface area contributed by atoms with Gasteiger partial charge in [0.05, 0.1) is 16.4 Å². The number of rotatable bonds is 6. The number of benzene rings is 2. The van der Waals surface area contributed by atoms with Crippen LogP contribution in [-0.2, 0) is 19.9 Å². The molecule has 0 aromatic heterocycles. The van der Waals surface area contributed by atoms with Crippen LogP contribution < -0.4 is 10.0 Å². The lowest BCUT2D eigenvalue weighted by Crippen LogP contribution is -2.37. The summed E-state index contributed by atoms with van der Waals surface area (Å²) >= 11 is 0. The Morgan fingerprint density at radius 2 is 1.79 bits per heavy atom. The summed E-state index contributed by atoms with van der Waals surface area (Å²) in [6.07, 6.45) is 0.583. The van der Waals surface area contributed by atoms with Crippen molar-refractivity contribution in [2.24, 2.45) is 0 Å². The summed E-state index contributed by atoms with van der Waals surface area (Å²) in [5.74, 6) is 0.331. The number of fused-ring (bicyclic) bond motifs is 1. The topological polar surface area (TPSA) is 92.3 Å². The highest BCUT2D eigenvalue weighted by molar-refractivity contribution is 7.91. The van der Waals surface area contributed by atoms with Gasteiger partial charge in [0.1, 0.15) is 0 Å². The van der Waals surface area contributed by atoms with Gasteiger partial charge in [0.25, 0.3) is 0 Å². The van der Waals surface area contributed by atoms with Crippen molar-refractivity contribution < 1.29 is 16.8 Å². The van der Waals surface area contributed by atoms with Gasteiger partial charge < -0.3 is 5.32 Å². The van der Waals surface area contributed by atoms with Crippen molar-refractivity contribution in [3.8, 4) is 0 Å². The first-order chi connectivity index (χ1) is 11.4. The van der Waals surface area contributed by atoms with E-state index in [0.717, 1.165) is 10.8 Å². The zero-order valence-corrected chi connectivity index (χ0v) is 14.7. The van der Waals surface area contributed by atoms with E-state index in [1.165, 1.54) is 0 Å². The first-order valence-corrected chi connectivity index (χ1v) is 11.1. The summed E-state index contributed by atoms with van der Waals surface area (Å²) in [7, 11) is -6.50. The Kier molecular flexibility index (Phi) is 4.91. The molecule has 0 amide bonds. The van der Waals surface area contributed by atoms with Crippen LogP contribution in [0.2, 0.25) is 0 Å². The van der Waals surface area contributed by atoms with Gasteiger partial charge in [-0.25, -0.2) is 21.6 Å². The second kappa shape index (κ2) is 6.79. The van der Waals surface area contributed by atoms with Crippen LogP contribution in [0.1, 0.15) is 6.42 Å². The normalized spacial score (nSPS) is 20.4. The molecule has 6 nitrogen and oxygen atoms in total. The van der Waals surface area contributed by atoms with E-state index >= 15 is 0 Å². The molecule has 0 aliphatic carbocycles. The molecular weight excluding hydrogens is 348 g/mol. The molecule has 0 radical (unpaired) electrons. The first-order valence-electron chi connectivity index (χ1n) is 7.78. The largest absolute Gasteiger partial charge is 0.312 e. The van der Waals surface area contributed by atoms with Gasteiger partial charge in [0, 0.05) is 19.1 Å². The molecule has 1 heterocycles. The minimum Gasteiger partial charge on any atom is -0.312 e. The molecule has 1 fully saturated rings. The molecule has 1 aliphatic rings. The van der Waals surface area contributed by atoms with Crippen LogP contribution in [-0.4, -0.2) is 47.5 Å². The molecule has 3 rings (SSSR count). The summed E-state index contributed by atoms with van der Waals surface area (Å²) in [5.41, 5.74) is 0. The standard InChI is InChI=1S/C16H20N2O4S2/c19-23(20)10-7-15(12-23)17-8-9-18-24(21,22)16-6-5-13-3-1-2-4-14(13)11-16/h1-6,11,15,17-18H,7-10,12H2/t15-/m0/s1. The van der Waals surface area contributed by atoms with Gasteiger partial charge in [0.2, 0.25) is 10.0 Å². The van der Waals surface area contributed by atoms with Gasteiger partial charge in [-0.3, -0.25) is 0 Å². The molecule has 130 valence electrons. The van der Waals surface area contributed by atoms with E-state index in [0.29, 0.717) is 13.0 Å². The molecule has 0 saturated carbocycles. The van der Waals surface area contributed by atoms with Crippen molar-refractivity contribution in [1.82, 2.24) is 10.0 Å². The van der Waals surface area contributed by atoms with E-state index < -0.39 is 19.9 Å². The quantitative estimate of drug-likeness (QED) is 0.739. The molecule has 2 aromatic carbocycles. The third kappa shape index (κ3) is 4.13. The number of hydrogen-bond acceptors (Lipinski definition) is 5. The monoisotopic (exact) mass is 368 g/mol. The van der Waals surface area contributed by atoms with E-state index in [9.17, 15) is 16.8 Å². The average Bonchev–Trinajstić information content (AvgIpc) is 2.90. The van der Waals surface area contributed by atoms with Gasteiger partial charge in [-0.05, 0) is 29.3 Å². The van der Waals surface area contributed by atoms with Gasteiger partial charge in [-0.1, -0.05) is 30.3 Å². The number of hydrogen-bond donors (Lipinski definition) is 2. The second-order valence-corrected chi connectivity index (χ2v) is 9.96. The highest BCUT2D eigenvalue weighted by atomic mass is 32.2. The van der Waals surface area contributed by atoms with Crippen LogP contribution in [0, 0.1) is 0 Å². The van der Waals surface area contributed by atoms with Crippen molar-refractivity contribution in [2.45, 2.75) is 17.4 Å². The summed E-state index contributed by atoms with van der Waals surface area (Å²) in [4.78, 5) is 0.227. The SMILES string of the molecule is O=S1(=O)CC[C@H](NCCNS(=O)(=O)c2ccc3ccccc3c2)C1. The maximum absolute atomic E-state index is 12.3. The Morgan fingerprint density at radius 1 is 1.04 bits per heavy atom. The van der Waals surface area contributed by atoms with Gasteiger partial charge in [-0.15, -0.1) is 0 Å². The van der Waals surface area contributed by atoms with E-state index in [1.54, 1.807) is 18.2 Å². The molecule has 0 bridgehead atoms. The van der Waals surface area contributed by atoms with Crippen molar-refractivity contribution in [3.05, 3.63) is 42.5 Å². The van der Waals surface area contributed by atoms with Crippen LogP contribution >= 0.6 is 0 Å². The Labute approximate surface area is 142 Å². The van der Waals surface area contributed by atoms with E-state index in [-0.39, 0.29) is 29.0 Å². The van der Waals surface area contributed by atoms with Crippen molar-refractivity contribution in [1.29, 1.82) is 0 Å². The van der Waals surface area contributed by atoms with Gasteiger partial charge in [-0.2, -0.15) is 0 Å². The highest BCUT2D eigenvalue weighted by Gasteiger charge is 2.27. The summed E-state index contributed by atoms with van der Waals surface area (Å²) in [6, 6.07) is 12.5. The minimum absolute atomic E-state index is 0.0832. The Bertz CT molecular complexity index is 939. The number of sulfonamides is 1. The maximum Gasteiger partial charge on any atom is 0.240 e. The summed E-state index contributed by atoms with van der Waals surface area (Å²) < 4.78 is 50.0. The molecule has 24 heavy (non-hydrogen) atoms. The number of nitrogens with one attached hydrogen (secondary N) is 2. The van der Waals surface area contributed by atoms with E-state index in [4.69, 9.17) is 0 Å². The Balaban J connectivity index is 1.57. The van der Waals surface area contributed by atoms with Crippen LogP contribution in [0.5, 0.6) is 0 Å². The molecular formula is C16H20N2O4S2. The minimum atomic E-state index is -3.58. The lowest BCUT2D eigenvalue weighted by atomic mass is 10.1. The van der Waals surface area contributed by atoms with E-state index in [1.807, 2.05) is 24.3 Å². The van der Waals surface area contributed by atoms with Crippen molar-refractivity contribution in [3.63, 3.8) is 0 Å². The van der Waals surface area contributed by atoms with Crippen LogP contribution in [0.25, 0.3) is 10.8 Å². The zero-order chi connectivity index (χ0) is 17.2. The van der Waals surface area contributed by atoms with E-state index in [2.05, 4.69) is 10.0 Å². The molecule has 1 aliphatic heterocycles. The summed E-state index contributed by atoms with van der Waals surface area (Å²) in [5, 5.41) is 4.94. The third-order valence-corrected chi connectivity index (χ3v) is 7.34. The summed E-state index contributed by atoms with van der Waals surface area (Å²) in [6.45, 7) is 0.610. The van der Waals surface area contributed by atoms with Gasteiger partial charge in [0.15, 0.2) is 9.84 Å². The predicted octanol–water partition coefficient (Wildman–Crippen LogP) is 0.895. The van der Waals surface area contributed by atoms with Gasteiger partial charge >= 0.3 is 0 Å².